The molecule has 1 heterocycles. The van der Waals surface area contributed by atoms with Crippen LogP contribution >= 0.6 is 0 Å². The van der Waals surface area contributed by atoms with Crippen LogP contribution in [0.25, 0.3) is 0 Å². The maximum Gasteiger partial charge on any atom is 0.573 e. The normalized spacial score (nSPS) is 12.0. The molecular weight excluding hydrogens is 354 g/mol. The summed E-state index contributed by atoms with van der Waals surface area (Å²) in [6, 6.07) is 5.30. The second-order valence-electron chi connectivity index (χ2n) is 4.69. The van der Waals surface area contributed by atoms with E-state index in [-0.39, 0.29) is 24.0 Å². The third-order valence-electron chi connectivity index (χ3n) is 2.69. The molecule has 0 amide bonds. The van der Waals surface area contributed by atoms with Crippen LogP contribution in [0.15, 0.2) is 30.3 Å². The van der Waals surface area contributed by atoms with Crippen LogP contribution in [0, 0.1) is 0 Å². The molecule has 1 aromatic heterocycles. The molecule has 0 aliphatic carbocycles. The van der Waals surface area contributed by atoms with Gasteiger partial charge in [0.1, 0.15) is 11.6 Å². The first-order chi connectivity index (χ1) is 11.6. The number of anilines is 3. The number of hydrogen-bond donors (Lipinski definition) is 2. The molecule has 0 unspecified atom stereocenters. The van der Waals surface area contributed by atoms with Crippen LogP contribution in [0.1, 0.15) is 12.6 Å². The molecule has 0 saturated heterocycles. The zero-order valence-electron chi connectivity index (χ0n) is 12.7. The quantitative estimate of drug-likeness (QED) is 0.760. The SMILES string of the molecule is CCNc1nc(Nc2cccc(OC(F)(F)F)c2)cc(C(F)(F)F)n1. The lowest BCUT2D eigenvalue weighted by Crippen LogP contribution is -2.17. The fourth-order valence-electron chi connectivity index (χ4n) is 1.81. The van der Waals surface area contributed by atoms with Gasteiger partial charge in [-0.1, -0.05) is 6.07 Å². The van der Waals surface area contributed by atoms with E-state index in [1.807, 2.05) is 0 Å². The second-order valence-corrected chi connectivity index (χ2v) is 4.69. The van der Waals surface area contributed by atoms with E-state index in [0.717, 1.165) is 12.1 Å². The highest BCUT2D eigenvalue weighted by molar-refractivity contribution is 5.59. The van der Waals surface area contributed by atoms with Crippen LogP contribution in [0.5, 0.6) is 5.75 Å². The Morgan fingerprint density at radius 2 is 1.76 bits per heavy atom. The summed E-state index contributed by atoms with van der Waals surface area (Å²) in [4.78, 5) is 7.18. The average molecular weight is 366 g/mol. The largest absolute Gasteiger partial charge is 0.573 e. The number of alkyl halides is 6. The van der Waals surface area contributed by atoms with Gasteiger partial charge in [0.15, 0.2) is 5.69 Å². The predicted octanol–water partition coefficient (Wildman–Crippen LogP) is 4.57. The minimum absolute atomic E-state index is 0.0658. The minimum atomic E-state index is -4.88. The van der Waals surface area contributed by atoms with Crippen molar-refractivity contribution in [2.75, 3.05) is 17.2 Å². The molecule has 0 aliphatic rings. The van der Waals surface area contributed by atoms with Crippen molar-refractivity contribution < 1.29 is 31.1 Å². The maximum absolute atomic E-state index is 12.9. The Kier molecular flexibility index (Phi) is 5.24. The van der Waals surface area contributed by atoms with Crippen LogP contribution in [0.4, 0.5) is 43.8 Å². The predicted molar refractivity (Wildman–Crippen MR) is 77.6 cm³/mol. The molecule has 1 aromatic carbocycles. The summed E-state index contributed by atoms with van der Waals surface area (Å²) in [5.41, 5.74) is -1.13. The topological polar surface area (TPSA) is 59.1 Å². The standard InChI is InChI=1S/C14H12F6N4O/c1-2-21-12-23-10(13(15,16)17)7-11(24-12)22-8-4-3-5-9(6-8)25-14(18,19)20/h3-7H,2H2,1H3,(H2,21,22,23,24). The van der Waals surface area contributed by atoms with Gasteiger partial charge in [0.25, 0.3) is 0 Å². The lowest BCUT2D eigenvalue weighted by atomic mass is 10.3. The van der Waals surface area contributed by atoms with Gasteiger partial charge in [0, 0.05) is 24.4 Å². The van der Waals surface area contributed by atoms with Gasteiger partial charge < -0.3 is 15.4 Å². The van der Waals surface area contributed by atoms with Crippen molar-refractivity contribution >= 4 is 17.5 Å². The Bertz CT molecular complexity index is 732. The number of hydrogen-bond acceptors (Lipinski definition) is 5. The van der Waals surface area contributed by atoms with Gasteiger partial charge in [-0.3, -0.25) is 0 Å². The number of aromatic nitrogens is 2. The van der Waals surface area contributed by atoms with Crippen molar-refractivity contribution in [3.05, 3.63) is 36.0 Å². The van der Waals surface area contributed by atoms with Crippen molar-refractivity contribution in [3.63, 3.8) is 0 Å². The van der Waals surface area contributed by atoms with Gasteiger partial charge in [0.2, 0.25) is 5.95 Å². The maximum atomic E-state index is 12.9. The van der Waals surface area contributed by atoms with Crippen LogP contribution in [-0.2, 0) is 6.18 Å². The molecular formula is C14H12F6N4O. The van der Waals surface area contributed by atoms with E-state index in [1.165, 1.54) is 12.1 Å². The first-order valence-corrected chi connectivity index (χ1v) is 6.90. The molecule has 0 saturated carbocycles. The molecule has 11 heteroatoms. The highest BCUT2D eigenvalue weighted by Gasteiger charge is 2.34. The zero-order chi connectivity index (χ0) is 18.7. The summed E-state index contributed by atoms with van der Waals surface area (Å²) < 4.78 is 79.1. The van der Waals surface area contributed by atoms with E-state index in [9.17, 15) is 26.3 Å². The summed E-state index contributed by atoms with van der Waals surface area (Å²) in [6.07, 6.45) is -9.58. The molecule has 0 fully saturated rings. The zero-order valence-corrected chi connectivity index (χ0v) is 12.7. The monoisotopic (exact) mass is 366 g/mol. The van der Waals surface area contributed by atoms with E-state index < -0.39 is 24.0 Å². The molecule has 2 rings (SSSR count). The van der Waals surface area contributed by atoms with Crippen LogP contribution in [0.3, 0.4) is 0 Å². The second kappa shape index (κ2) is 7.03. The first kappa shape index (κ1) is 18.6. The van der Waals surface area contributed by atoms with Crippen LogP contribution in [-0.4, -0.2) is 22.9 Å². The molecule has 0 bridgehead atoms. The van der Waals surface area contributed by atoms with Gasteiger partial charge >= 0.3 is 12.5 Å². The molecule has 5 nitrogen and oxygen atoms in total. The number of nitrogens with one attached hydrogen (secondary N) is 2. The van der Waals surface area contributed by atoms with E-state index in [0.29, 0.717) is 6.07 Å². The van der Waals surface area contributed by atoms with Crippen molar-refractivity contribution in [3.8, 4) is 5.75 Å². The Labute approximate surface area is 138 Å². The fraction of sp³-hybridized carbons (Fsp3) is 0.286. The third-order valence-corrected chi connectivity index (χ3v) is 2.69. The van der Waals surface area contributed by atoms with E-state index in [1.54, 1.807) is 6.92 Å². The fourth-order valence-corrected chi connectivity index (χ4v) is 1.81. The summed E-state index contributed by atoms with van der Waals surface area (Å²) in [5.74, 6) is -1.01. The number of nitrogens with zero attached hydrogens (tertiary/aromatic N) is 2. The minimum Gasteiger partial charge on any atom is -0.406 e. The van der Waals surface area contributed by atoms with Gasteiger partial charge in [-0.25, -0.2) is 4.98 Å². The molecule has 0 spiro atoms. The van der Waals surface area contributed by atoms with Crippen molar-refractivity contribution in [2.24, 2.45) is 0 Å². The number of ether oxygens (including phenoxy) is 1. The van der Waals surface area contributed by atoms with E-state index >= 15 is 0 Å². The van der Waals surface area contributed by atoms with Gasteiger partial charge in [-0.2, -0.15) is 18.2 Å². The summed E-state index contributed by atoms with van der Waals surface area (Å²) in [7, 11) is 0. The molecule has 25 heavy (non-hydrogen) atoms. The van der Waals surface area contributed by atoms with Gasteiger partial charge in [-0.15, -0.1) is 13.2 Å². The lowest BCUT2D eigenvalue weighted by molar-refractivity contribution is -0.274. The third kappa shape index (κ3) is 5.69. The Morgan fingerprint density at radius 3 is 2.36 bits per heavy atom. The number of benzene rings is 1. The van der Waals surface area contributed by atoms with Crippen molar-refractivity contribution in [1.29, 1.82) is 0 Å². The molecule has 0 atom stereocenters. The molecule has 0 radical (unpaired) electrons. The summed E-state index contributed by atoms with van der Waals surface area (Å²) >= 11 is 0. The Balaban J connectivity index is 2.30. The summed E-state index contributed by atoms with van der Waals surface area (Å²) in [6.45, 7) is 1.93. The molecule has 2 aromatic rings. The van der Waals surface area contributed by atoms with E-state index in [4.69, 9.17) is 0 Å². The van der Waals surface area contributed by atoms with Crippen molar-refractivity contribution in [1.82, 2.24) is 9.97 Å². The Morgan fingerprint density at radius 1 is 1.04 bits per heavy atom. The van der Waals surface area contributed by atoms with Crippen LogP contribution < -0.4 is 15.4 Å². The molecule has 2 N–H and O–H groups in total. The summed E-state index contributed by atoms with van der Waals surface area (Å²) in [5, 5.41) is 5.06. The molecule has 0 aliphatic heterocycles. The van der Waals surface area contributed by atoms with Crippen molar-refractivity contribution in [2.45, 2.75) is 19.5 Å². The lowest BCUT2D eigenvalue weighted by Gasteiger charge is -2.13. The smallest absolute Gasteiger partial charge is 0.406 e. The number of halogens is 6. The highest BCUT2D eigenvalue weighted by Crippen LogP contribution is 2.31. The van der Waals surface area contributed by atoms with Gasteiger partial charge in [-0.05, 0) is 19.1 Å². The van der Waals surface area contributed by atoms with Crippen LogP contribution in [0.2, 0.25) is 0 Å². The van der Waals surface area contributed by atoms with Gasteiger partial charge in [0.05, 0.1) is 0 Å². The molecule has 136 valence electrons. The highest BCUT2D eigenvalue weighted by atomic mass is 19.4. The Hall–Kier alpha value is -2.72. The number of rotatable bonds is 5. The van der Waals surface area contributed by atoms with E-state index in [2.05, 4.69) is 25.3 Å². The average Bonchev–Trinajstić information content (AvgIpc) is 2.45. The first-order valence-electron chi connectivity index (χ1n) is 6.90.